The van der Waals surface area contributed by atoms with Gasteiger partial charge in [0.15, 0.2) is 5.65 Å². The number of halogens is 3. The second-order valence-electron chi connectivity index (χ2n) is 9.32. The monoisotopic (exact) mass is 480 g/mol. The molecule has 2 N–H and O–H groups in total. The minimum atomic E-state index is -4.37. The summed E-state index contributed by atoms with van der Waals surface area (Å²) in [4.78, 5) is 39.0. The van der Waals surface area contributed by atoms with E-state index >= 15 is 0 Å². The van der Waals surface area contributed by atoms with Crippen LogP contribution in [-0.2, 0) is 4.79 Å². The van der Waals surface area contributed by atoms with Gasteiger partial charge in [-0.3, -0.25) is 9.59 Å². The van der Waals surface area contributed by atoms with E-state index in [0.717, 1.165) is 0 Å². The highest BCUT2D eigenvalue weighted by molar-refractivity contribution is 6.06. The Morgan fingerprint density at radius 1 is 1.32 bits per heavy atom. The minimum Gasteiger partial charge on any atom is -0.476 e. The van der Waals surface area contributed by atoms with Gasteiger partial charge in [0, 0.05) is 25.2 Å². The standard InChI is InChI=1S/C22H27F3N6O3/c1-21(2,3)17(20(33)31-7-4-13(10-26)5-8-31)30-19(32)14-11-27-18-16(14)29-15(12-28-18)34-9-6-22(23,24)25/h11-13,17H,4-9H2,1-3H3,(H,27,28)(H,30,32)/t17-/m0/s1. The van der Waals surface area contributed by atoms with Crippen LogP contribution in [0.3, 0.4) is 0 Å². The third-order valence-electron chi connectivity index (χ3n) is 5.62. The van der Waals surface area contributed by atoms with Gasteiger partial charge in [0.2, 0.25) is 11.8 Å². The van der Waals surface area contributed by atoms with Gasteiger partial charge in [-0.15, -0.1) is 0 Å². The van der Waals surface area contributed by atoms with Crippen LogP contribution in [0.2, 0.25) is 0 Å². The van der Waals surface area contributed by atoms with Crippen molar-refractivity contribution in [3.63, 3.8) is 0 Å². The number of rotatable bonds is 6. The molecule has 0 aliphatic carbocycles. The van der Waals surface area contributed by atoms with E-state index in [-0.39, 0.29) is 34.4 Å². The quantitative estimate of drug-likeness (QED) is 0.654. The van der Waals surface area contributed by atoms with Gasteiger partial charge < -0.3 is 19.9 Å². The van der Waals surface area contributed by atoms with E-state index in [4.69, 9.17) is 10.00 Å². The first-order valence-electron chi connectivity index (χ1n) is 10.9. The summed E-state index contributed by atoms with van der Waals surface area (Å²) >= 11 is 0. The average Bonchev–Trinajstić information content (AvgIpc) is 3.18. The fourth-order valence-corrected chi connectivity index (χ4v) is 3.66. The van der Waals surface area contributed by atoms with E-state index in [0.29, 0.717) is 25.9 Å². The fraction of sp³-hybridized carbons (Fsp3) is 0.591. The van der Waals surface area contributed by atoms with Crippen molar-refractivity contribution in [1.29, 1.82) is 5.26 Å². The summed E-state index contributed by atoms with van der Waals surface area (Å²) in [5.41, 5.74) is -0.140. The number of nitrogens with one attached hydrogen (secondary N) is 2. The second kappa shape index (κ2) is 9.87. The summed E-state index contributed by atoms with van der Waals surface area (Å²) < 4.78 is 42.1. The van der Waals surface area contributed by atoms with E-state index in [1.807, 2.05) is 20.8 Å². The van der Waals surface area contributed by atoms with Crippen molar-refractivity contribution in [2.75, 3.05) is 19.7 Å². The molecule has 184 valence electrons. The van der Waals surface area contributed by atoms with Crippen LogP contribution in [0, 0.1) is 22.7 Å². The molecule has 1 atom stereocenters. The average molecular weight is 480 g/mol. The number of hydrogen-bond acceptors (Lipinski definition) is 6. The number of alkyl halides is 3. The molecular formula is C22H27F3N6O3. The Labute approximate surface area is 194 Å². The van der Waals surface area contributed by atoms with Gasteiger partial charge in [-0.05, 0) is 18.3 Å². The molecule has 3 heterocycles. The van der Waals surface area contributed by atoms with Gasteiger partial charge in [0.1, 0.15) is 11.6 Å². The number of nitriles is 1. The summed E-state index contributed by atoms with van der Waals surface area (Å²) in [6.45, 7) is 5.75. The number of carbonyl (C=O) groups excluding carboxylic acids is 2. The fourth-order valence-electron chi connectivity index (χ4n) is 3.66. The predicted molar refractivity (Wildman–Crippen MR) is 116 cm³/mol. The lowest BCUT2D eigenvalue weighted by Crippen LogP contribution is -2.56. The molecule has 1 fully saturated rings. The molecule has 0 radical (unpaired) electrons. The smallest absolute Gasteiger partial charge is 0.392 e. The Bertz CT molecular complexity index is 1080. The molecule has 0 bridgehead atoms. The molecule has 34 heavy (non-hydrogen) atoms. The van der Waals surface area contributed by atoms with Crippen LogP contribution in [0.25, 0.3) is 11.2 Å². The Morgan fingerprint density at radius 2 is 2.00 bits per heavy atom. The largest absolute Gasteiger partial charge is 0.476 e. The summed E-state index contributed by atoms with van der Waals surface area (Å²) in [6, 6.07) is 1.38. The lowest BCUT2D eigenvalue weighted by atomic mass is 9.85. The number of fused-ring (bicyclic) bond motifs is 1. The molecule has 9 nitrogen and oxygen atoms in total. The van der Waals surface area contributed by atoms with Crippen molar-refractivity contribution in [3.05, 3.63) is 18.0 Å². The molecule has 1 aliphatic rings. The van der Waals surface area contributed by atoms with E-state index in [1.165, 1.54) is 12.4 Å². The SMILES string of the molecule is CC(C)(C)[C@@H](NC(=O)c1c[nH]c2ncc(OCCC(F)(F)F)nc12)C(=O)N1CCC(C#N)CC1. The Balaban J connectivity index is 1.76. The number of H-pyrrole nitrogens is 1. The maximum Gasteiger partial charge on any atom is 0.392 e. The zero-order valence-corrected chi connectivity index (χ0v) is 19.2. The zero-order valence-electron chi connectivity index (χ0n) is 19.2. The number of aromatic nitrogens is 3. The molecular weight excluding hydrogens is 453 g/mol. The first-order chi connectivity index (χ1) is 15.9. The number of piperidine rings is 1. The predicted octanol–water partition coefficient (Wildman–Crippen LogP) is 3.20. The molecule has 3 rings (SSSR count). The summed E-state index contributed by atoms with van der Waals surface area (Å²) in [6.07, 6.45) is -1.79. The summed E-state index contributed by atoms with van der Waals surface area (Å²) in [7, 11) is 0. The molecule has 2 aromatic rings. The Hall–Kier alpha value is -3.36. The van der Waals surface area contributed by atoms with Crippen LogP contribution in [-0.4, -0.2) is 63.6 Å². The molecule has 0 spiro atoms. The van der Waals surface area contributed by atoms with E-state index in [2.05, 4.69) is 26.3 Å². The van der Waals surface area contributed by atoms with Gasteiger partial charge in [-0.25, -0.2) is 9.97 Å². The normalized spacial score (nSPS) is 16.2. The zero-order chi connectivity index (χ0) is 25.1. The van der Waals surface area contributed by atoms with E-state index in [1.54, 1.807) is 4.90 Å². The van der Waals surface area contributed by atoms with Crippen LogP contribution >= 0.6 is 0 Å². The van der Waals surface area contributed by atoms with Crippen LogP contribution in [0.1, 0.15) is 50.4 Å². The molecule has 1 aliphatic heterocycles. The summed E-state index contributed by atoms with van der Waals surface area (Å²) in [5.74, 6) is -1.04. The highest BCUT2D eigenvalue weighted by Gasteiger charge is 2.37. The lowest BCUT2D eigenvalue weighted by Gasteiger charge is -2.37. The van der Waals surface area contributed by atoms with Crippen molar-refractivity contribution in [2.24, 2.45) is 11.3 Å². The van der Waals surface area contributed by atoms with Crippen molar-refractivity contribution in [3.8, 4) is 11.9 Å². The number of likely N-dealkylation sites (tertiary alicyclic amines) is 1. The van der Waals surface area contributed by atoms with Gasteiger partial charge in [-0.2, -0.15) is 18.4 Å². The number of amides is 2. The maximum absolute atomic E-state index is 13.2. The molecule has 2 aromatic heterocycles. The number of nitrogens with zero attached hydrogens (tertiary/aromatic N) is 4. The van der Waals surface area contributed by atoms with Crippen LogP contribution < -0.4 is 10.1 Å². The van der Waals surface area contributed by atoms with Gasteiger partial charge >= 0.3 is 6.18 Å². The van der Waals surface area contributed by atoms with Crippen LogP contribution in [0.15, 0.2) is 12.4 Å². The van der Waals surface area contributed by atoms with Gasteiger partial charge in [0.25, 0.3) is 5.91 Å². The molecule has 12 heteroatoms. The first-order valence-corrected chi connectivity index (χ1v) is 10.9. The maximum atomic E-state index is 13.2. The van der Waals surface area contributed by atoms with Crippen LogP contribution in [0.5, 0.6) is 5.88 Å². The number of carbonyl (C=O) groups is 2. The lowest BCUT2D eigenvalue weighted by molar-refractivity contribution is -0.140. The van der Waals surface area contributed by atoms with Gasteiger partial charge in [0.05, 0.1) is 30.9 Å². The third kappa shape index (κ3) is 6.15. The molecule has 0 aromatic carbocycles. The first kappa shape index (κ1) is 25.3. The Kier molecular flexibility index (Phi) is 7.33. The minimum absolute atomic E-state index is 0.0796. The van der Waals surface area contributed by atoms with Gasteiger partial charge in [-0.1, -0.05) is 20.8 Å². The summed E-state index contributed by atoms with van der Waals surface area (Å²) in [5, 5.41) is 11.9. The second-order valence-corrected chi connectivity index (χ2v) is 9.32. The highest BCUT2D eigenvalue weighted by atomic mass is 19.4. The third-order valence-corrected chi connectivity index (χ3v) is 5.62. The molecule has 0 saturated carbocycles. The van der Waals surface area contributed by atoms with Crippen molar-refractivity contribution in [2.45, 2.75) is 52.3 Å². The number of aromatic amines is 1. The number of ether oxygens (including phenoxy) is 1. The molecule has 0 unspecified atom stereocenters. The molecule has 2 amide bonds. The highest BCUT2D eigenvalue weighted by Crippen LogP contribution is 2.26. The number of hydrogen-bond donors (Lipinski definition) is 2. The van der Waals surface area contributed by atoms with E-state index < -0.39 is 36.6 Å². The van der Waals surface area contributed by atoms with Crippen molar-refractivity contribution < 1.29 is 27.5 Å². The van der Waals surface area contributed by atoms with Crippen molar-refractivity contribution in [1.82, 2.24) is 25.2 Å². The Morgan fingerprint density at radius 3 is 2.59 bits per heavy atom. The topological polar surface area (TPSA) is 124 Å². The van der Waals surface area contributed by atoms with Crippen molar-refractivity contribution >= 4 is 23.0 Å². The van der Waals surface area contributed by atoms with Crippen LogP contribution in [0.4, 0.5) is 13.2 Å². The molecule has 1 saturated heterocycles. The van der Waals surface area contributed by atoms with E-state index in [9.17, 15) is 22.8 Å².